The zero-order valence-electron chi connectivity index (χ0n) is 8.61. The molecule has 0 amide bonds. The van der Waals surface area contributed by atoms with Crippen molar-refractivity contribution in [1.82, 2.24) is 0 Å². The van der Waals surface area contributed by atoms with E-state index in [4.69, 9.17) is 10.4 Å². The molecule has 3 heteroatoms. The maximum absolute atomic E-state index is 9.04. The Balaban J connectivity index is 2.34. The first-order chi connectivity index (χ1) is 7.35. The van der Waals surface area contributed by atoms with Gasteiger partial charge in [-0.25, -0.2) is 0 Å². The van der Waals surface area contributed by atoms with Crippen LogP contribution in [0, 0.1) is 11.3 Å². The second kappa shape index (κ2) is 4.33. The van der Waals surface area contributed by atoms with Gasteiger partial charge in [0.25, 0.3) is 0 Å². The van der Waals surface area contributed by atoms with Crippen molar-refractivity contribution in [3.8, 4) is 6.07 Å². The molecule has 0 radical (unpaired) electrons. The molecule has 1 aromatic rings. The summed E-state index contributed by atoms with van der Waals surface area (Å²) >= 11 is 0. The lowest BCUT2D eigenvalue weighted by Gasteiger charge is -2.19. The van der Waals surface area contributed by atoms with Crippen molar-refractivity contribution in [2.75, 3.05) is 18.0 Å². The van der Waals surface area contributed by atoms with Crippen LogP contribution in [0.15, 0.2) is 18.2 Å². The van der Waals surface area contributed by atoms with Crippen LogP contribution < -0.4 is 4.90 Å². The van der Waals surface area contributed by atoms with Crippen LogP contribution in [-0.2, 0) is 6.61 Å². The van der Waals surface area contributed by atoms with E-state index in [0.717, 1.165) is 24.3 Å². The van der Waals surface area contributed by atoms with Crippen LogP contribution in [0.5, 0.6) is 0 Å². The van der Waals surface area contributed by atoms with Crippen molar-refractivity contribution in [2.45, 2.75) is 19.4 Å². The summed E-state index contributed by atoms with van der Waals surface area (Å²) in [6.45, 7) is 2.06. The zero-order valence-corrected chi connectivity index (χ0v) is 8.61. The number of nitrogens with zero attached hydrogens (tertiary/aromatic N) is 2. The monoisotopic (exact) mass is 202 g/mol. The van der Waals surface area contributed by atoms with Gasteiger partial charge in [0.1, 0.15) is 6.07 Å². The number of hydrogen-bond acceptors (Lipinski definition) is 3. The van der Waals surface area contributed by atoms with Gasteiger partial charge in [0.05, 0.1) is 17.9 Å². The van der Waals surface area contributed by atoms with E-state index in [1.54, 1.807) is 6.07 Å². The van der Waals surface area contributed by atoms with Gasteiger partial charge in [-0.2, -0.15) is 5.26 Å². The van der Waals surface area contributed by atoms with Crippen molar-refractivity contribution in [3.63, 3.8) is 0 Å². The Bertz CT molecular complexity index is 389. The van der Waals surface area contributed by atoms with E-state index >= 15 is 0 Å². The summed E-state index contributed by atoms with van der Waals surface area (Å²) in [4.78, 5) is 2.24. The molecule has 2 rings (SSSR count). The summed E-state index contributed by atoms with van der Waals surface area (Å²) in [5.41, 5.74) is 2.48. The van der Waals surface area contributed by atoms with E-state index in [-0.39, 0.29) is 6.61 Å². The van der Waals surface area contributed by atoms with Gasteiger partial charge in [-0.05, 0) is 30.5 Å². The van der Waals surface area contributed by atoms with Crippen LogP contribution in [0.25, 0.3) is 0 Å². The van der Waals surface area contributed by atoms with Crippen LogP contribution in [-0.4, -0.2) is 18.2 Å². The third kappa shape index (κ3) is 1.95. The average molecular weight is 202 g/mol. The summed E-state index contributed by atoms with van der Waals surface area (Å²) < 4.78 is 0. The second-order valence-electron chi connectivity index (χ2n) is 3.82. The number of nitriles is 1. The number of aliphatic hydroxyl groups excluding tert-OH is 1. The lowest BCUT2D eigenvalue weighted by atomic mass is 10.1. The Morgan fingerprint density at radius 2 is 2.07 bits per heavy atom. The highest BCUT2D eigenvalue weighted by Crippen LogP contribution is 2.25. The maximum Gasteiger partial charge on any atom is 0.101 e. The van der Waals surface area contributed by atoms with Crippen LogP contribution in [0.3, 0.4) is 0 Å². The number of rotatable bonds is 2. The SMILES string of the molecule is N#Cc1cc(CO)ccc1N1CCCC1. The minimum atomic E-state index is -0.00500. The van der Waals surface area contributed by atoms with Gasteiger partial charge in [0, 0.05) is 13.1 Å². The highest BCUT2D eigenvalue weighted by atomic mass is 16.3. The highest BCUT2D eigenvalue weighted by Gasteiger charge is 2.15. The highest BCUT2D eigenvalue weighted by molar-refractivity contribution is 5.60. The Labute approximate surface area is 89.6 Å². The van der Waals surface area contributed by atoms with Gasteiger partial charge in [0.2, 0.25) is 0 Å². The summed E-state index contributed by atoms with van der Waals surface area (Å²) in [6, 6.07) is 7.79. The Morgan fingerprint density at radius 3 is 2.67 bits per heavy atom. The number of aliphatic hydroxyl groups is 1. The number of hydrogen-bond donors (Lipinski definition) is 1. The van der Waals surface area contributed by atoms with E-state index in [9.17, 15) is 0 Å². The Morgan fingerprint density at radius 1 is 1.33 bits per heavy atom. The topological polar surface area (TPSA) is 47.3 Å². The zero-order chi connectivity index (χ0) is 10.7. The molecule has 0 aliphatic carbocycles. The predicted octanol–water partition coefficient (Wildman–Crippen LogP) is 1.65. The van der Waals surface area contributed by atoms with E-state index in [1.807, 2.05) is 12.1 Å². The quantitative estimate of drug-likeness (QED) is 0.793. The van der Waals surface area contributed by atoms with Crippen molar-refractivity contribution >= 4 is 5.69 Å². The maximum atomic E-state index is 9.04. The first kappa shape index (κ1) is 10.0. The summed E-state index contributed by atoms with van der Waals surface area (Å²) in [5, 5.41) is 18.0. The van der Waals surface area contributed by atoms with Gasteiger partial charge < -0.3 is 10.0 Å². The molecule has 0 saturated carbocycles. The molecule has 1 heterocycles. The van der Waals surface area contributed by atoms with Gasteiger partial charge in [0.15, 0.2) is 0 Å². The molecule has 0 bridgehead atoms. The van der Waals surface area contributed by atoms with Gasteiger partial charge in [-0.1, -0.05) is 6.07 Å². The predicted molar refractivity (Wildman–Crippen MR) is 58.5 cm³/mol. The normalized spacial score (nSPS) is 15.3. The molecule has 1 aromatic carbocycles. The van der Waals surface area contributed by atoms with Crippen LogP contribution in [0.4, 0.5) is 5.69 Å². The molecule has 1 fully saturated rings. The van der Waals surface area contributed by atoms with Crippen molar-refractivity contribution < 1.29 is 5.11 Å². The molecule has 1 N–H and O–H groups in total. The molecule has 78 valence electrons. The molecule has 1 saturated heterocycles. The minimum Gasteiger partial charge on any atom is -0.392 e. The van der Waals surface area contributed by atoms with Crippen molar-refractivity contribution in [2.24, 2.45) is 0 Å². The molecule has 0 aromatic heterocycles. The number of anilines is 1. The van der Waals surface area contributed by atoms with Crippen molar-refractivity contribution in [1.29, 1.82) is 5.26 Å². The third-order valence-corrected chi connectivity index (χ3v) is 2.81. The van der Waals surface area contributed by atoms with Gasteiger partial charge in [-0.15, -0.1) is 0 Å². The molecule has 0 unspecified atom stereocenters. The second-order valence-corrected chi connectivity index (χ2v) is 3.82. The largest absolute Gasteiger partial charge is 0.392 e. The Hall–Kier alpha value is -1.53. The molecular weight excluding hydrogens is 188 g/mol. The molecule has 1 aliphatic heterocycles. The van der Waals surface area contributed by atoms with E-state index in [2.05, 4.69) is 11.0 Å². The molecule has 0 spiro atoms. The lowest BCUT2D eigenvalue weighted by molar-refractivity contribution is 0.282. The number of benzene rings is 1. The van der Waals surface area contributed by atoms with Crippen LogP contribution >= 0.6 is 0 Å². The van der Waals surface area contributed by atoms with Crippen molar-refractivity contribution in [3.05, 3.63) is 29.3 Å². The minimum absolute atomic E-state index is 0.00500. The van der Waals surface area contributed by atoms with E-state index in [1.165, 1.54) is 12.8 Å². The van der Waals surface area contributed by atoms with Gasteiger partial charge >= 0.3 is 0 Å². The van der Waals surface area contributed by atoms with E-state index in [0.29, 0.717) is 5.56 Å². The first-order valence-corrected chi connectivity index (χ1v) is 5.24. The fourth-order valence-corrected chi connectivity index (χ4v) is 2.00. The lowest BCUT2D eigenvalue weighted by Crippen LogP contribution is -2.18. The summed E-state index contributed by atoms with van der Waals surface area (Å²) in [6.07, 6.45) is 2.40. The summed E-state index contributed by atoms with van der Waals surface area (Å²) in [7, 11) is 0. The first-order valence-electron chi connectivity index (χ1n) is 5.24. The molecule has 3 nitrogen and oxygen atoms in total. The molecular formula is C12H14N2O. The van der Waals surface area contributed by atoms with Crippen LogP contribution in [0.2, 0.25) is 0 Å². The Kier molecular flexibility index (Phi) is 2.89. The third-order valence-electron chi connectivity index (χ3n) is 2.81. The molecule has 0 atom stereocenters. The molecule has 1 aliphatic rings. The smallest absolute Gasteiger partial charge is 0.101 e. The molecule has 15 heavy (non-hydrogen) atoms. The standard InChI is InChI=1S/C12H14N2O/c13-8-11-7-10(9-15)3-4-12(11)14-5-1-2-6-14/h3-4,7,15H,1-2,5-6,9H2. The fraction of sp³-hybridized carbons (Fsp3) is 0.417. The fourth-order valence-electron chi connectivity index (χ4n) is 2.00. The summed E-state index contributed by atoms with van der Waals surface area (Å²) in [5.74, 6) is 0. The van der Waals surface area contributed by atoms with Gasteiger partial charge in [-0.3, -0.25) is 0 Å². The van der Waals surface area contributed by atoms with Crippen LogP contribution in [0.1, 0.15) is 24.0 Å². The average Bonchev–Trinajstić information content (AvgIpc) is 2.81. The van der Waals surface area contributed by atoms with E-state index < -0.39 is 0 Å².